The molecule has 96 valence electrons. The van der Waals surface area contributed by atoms with Gasteiger partial charge < -0.3 is 0 Å². The zero-order valence-corrected chi connectivity index (χ0v) is 10.8. The third-order valence-corrected chi connectivity index (χ3v) is 3.98. The highest BCUT2D eigenvalue weighted by Crippen LogP contribution is 2.41. The Morgan fingerprint density at radius 3 is 2.42 bits per heavy atom. The van der Waals surface area contributed by atoms with Crippen molar-refractivity contribution in [3.05, 3.63) is 66.0 Å². The molecule has 1 aliphatic rings. The molecule has 0 unspecified atom stereocenters. The highest BCUT2D eigenvalue weighted by atomic mass is 16.1. The van der Waals surface area contributed by atoms with Crippen LogP contribution < -0.4 is 0 Å². The number of nitrogens with zero attached hydrogens (tertiary/aromatic N) is 1. The molecule has 1 aromatic heterocycles. The molecule has 0 N–H and O–H groups in total. The van der Waals surface area contributed by atoms with E-state index in [0.29, 0.717) is 18.1 Å². The minimum Gasteiger partial charge on any atom is -0.299 e. The van der Waals surface area contributed by atoms with Crippen molar-refractivity contribution < 1.29 is 4.79 Å². The van der Waals surface area contributed by atoms with E-state index in [4.69, 9.17) is 0 Å². The summed E-state index contributed by atoms with van der Waals surface area (Å²) in [6.07, 6.45) is 6.42. The molecule has 1 saturated carbocycles. The molecule has 0 spiro atoms. The third-order valence-electron chi connectivity index (χ3n) is 3.98. The van der Waals surface area contributed by atoms with Gasteiger partial charge >= 0.3 is 0 Å². The SMILES string of the molecule is O=C1CCC[C@H](c2ccncc2)[C@H]1c1ccccc1. The van der Waals surface area contributed by atoms with Crippen molar-refractivity contribution in [3.63, 3.8) is 0 Å². The summed E-state index contributed by atoms with van der Waals surface area (Å²) in [6.45, 7) is 0. The van der Waals surface area contributed by atoms with Crippen molar-refractivity contribution in [2.24, 2.45) is 0 Å². The third kappa shape index (κ3) is 2.43. The van der Waals surface area contributed by atoms with Crippen LogP contribution in [-0.2, 0) is 4.79 Å². The predicted octanol–water partition coefficient (Wildman–Crippen LogP) is 3.70. The Morgan fingerprint density at radius 1 is 0.947 bits per heavy atom. The highest BCUT2D eigenvalue weighted by Gasteiger charge is 2.33. The lowest BCUT2D eigenvalue weighted by atomic mass is 9.72. The number of aromatic nitrogens is 1. The molecular formula is C17H17NO. The summed E-state index contributed by atoms with van der Waals surface area (Å²) in [7, 11) is 0. The molecule has 0 amide bonds. The maximum atomic E-state index is 12.4. The number of benzene rings is 1. The predicted molar refractivity (Wildman–Crippen MR) is 75.0 cm³/mol. The molecule has 1 aromatic carbocycles. The van der Waals surface area contributed by atoms with Gasteiger partial charge in [-0.15, -0.1) is 0 Å². The van der Waals surface area contributed by atoms with Crippen LogP contribution in [0.4, 0.5) is 0 Å². The second kappa shape index (κ2) is 5.35. The number of ketones is 1. The molecule has 1 heterocycles. The van der Waals surface area contributed by atoms with Crippen LogP contribution in [-0.4, -0.2) is 10.8 Å². The molecular weight excluding hydrogens is 234 g/mol. The van der Waals surface area contributed by atoms with Crippen molar-refractivity contribution in [1.29, 1.82) is 0 Å². The molecule has 0 aliphatic heterocycles. The largest absolute Gasteiger partial charge is 0.299 e. The topological polar surface area (TPSA) is 30.0 Å². The van der Waals surface area contributed by atoms with Crippen LogP contribution in [0.1, 0.15) is 42.2 Å². The lowest BCUT2D eigenvalue weighted by Gasteiger charge is -2.31. The molecule has 3 rings (SSSR count). The lowest BCUT2D eigenvalue weighted by molar-refractivity contribution is -0.122. The van der Waals surface area contributed by atoms with Crippen molar-refractivity contribution in [2.45, 2.75) is 31.1 Å². The van der Waals surface area contributed by atoms with E-state index < -0.39 is 0 Å². The molecule has 1 fully saturated rings. The molecule has 2 heteroatoms. The second-order valence-electron chi connectivity index (χ2n) is 5.13. The van der Waals surface area contributed by atoms with Gasteiger partial charge in [0.1, 0.15) is 5.78 Å². The Bertz CT molecular complexity index is 550. The maximum absolute atomic E-state index is 12.4. The standard InChI is InChI=1S/C17H17NO/c19-16-8-4-7-15(13-9-11-18-12-10-13)17(16)14-5-2-1-3-6-14/h1-3,5-6,9-12,15,17H,4,7-8H2/t15-,17-/m1/s1. The van der Waals surface area contributed by atoms with Crippen LogP contribution in [0, 0.1) is 0 Å². The van der Waals surface area contributed by atoms with Crippen molar-refractivity contribution in [2.75, 3.05) is 0 Å². The van der Waals surface area contributed by atoms with Gasteiger partial charge in [-0.05, 0) is 42.0 Å². The number of carbonyl (C=O) groups excluding carboxylic acids is 1. The van der Waals surface area contributed by atoms with E-state index in [2.05, 4.69) is 17.1 Å². The van der Waals surface area contributed by atoms with Gasteiger partial charge in [0, 0.05) is 24.7 Å². The van der Waals surface area contributed by atoms with Gasteiger partial charge in [0.25, 0.3) is 0 Å². The van der Waals surface area contributed by atoms with Gasteiger partial charge in [-0.25, -0.2) is 0 Å². The summed E-state index contributed by atoms with van der Waals surface area (Å²) >= 11 is 0. The van der Waals surface area contributed by atoms with Gasteiger partial charge in [0.2, 0.25) is 0 Å². The van der Waals surface area contributed by atoms with Gasteiger partial charge in [-0.2, -0.15) is 0 Å². The number of hydrogen-bond donors (Lipinski definition) is 0. The molecule has 0 radical (unpaired) electrons. The molecule has 2 aromatic rings. The number of Topliss-reactive ketones (excluding diaryl/α,β-unsaturated/α-hetero) is 1. The van der Waals surface area contributed by atoms with Crippen LogP contribution in [0.2, 0.25) is 0 Å². The minimum atomic E-state index is 0.0114. The fourth-order valence-electron chi connectivity index (χ4n) is 3.09. The Morgan fingerprint density at radius 2 is 1.68 bits per heavy atom. The second-order valence-corrected chi connectivity index (χ2v) is 5.13. The summed E-state index contributed by atoms with van der Waals surface area (Å²) in [5.41, 5.74) is 2.38. The Kier molecular flexibility index (Phi) is 3.41. The van der Waals surface area contributed by atoms with Crippen LogP contribution in [0.15, 0.2) is 54.9 Å². The van der Waals surface area contributed by atoms with E-state index in [9.17, 15) is 4.79 Å². The quantitative estimate of drug-likeness (QED) is 0.814. The Hall–Kier alpha value is -1.96. The lowest BCUT2D eigenvalue weighted by Crippen LogP contribution is -2.25. The first-order valence-electron chi connectivity index (χ1n) is 6.84. The van der Waals surface area contributed by atoms with Crippen LogP contribution in [0.5, 0.6) is 0 Å². The monoisotopic (exact) mass is 251 g/mol. The fourth-order valence-corrected chi connectivity index (χ4v) is 3.09. The first kappa shape index (κ1) is 12.1. The van der Waals surface area contributed by atoms with Crippen molar-refractivity contribution >= 4 is 5.78 Å². The summed E-state index contributed by atoms with van der Waals surface area (Å²) in [4.78, 5) is 16.4. The Balaban J connectivity index is 1.99. The van der Waals surface area contributed by atoms with Crippen LogP contribution in [0.3, 0.4) is 0 Å². The highest BCUT2D eigenvalue weighted by molar-refractivity contribution is 5.87. The number of hydrogen-bond acceptors (Lipinski definition) is 2. The normalized spacial score (nSPS) is 23.3. The van der Waals surface area contributed by atoms with Gasteiger partial charge in [0.15, 0.2) is 0 Å². The number of rotatable bonds is 2. The molecule has 2 nitrogen and oxygen atoms in total. The molecule has 1 aliphatic carbocycles. The molecule has 2 atom stereocenters. The van der Waals surface area contributed by atoms with E-state index in [0.717, 1.165) is 18.4 Å². The van der Waals surface area contributed by atoms with E-state index in [-0.39, 0.29) is 5.92 Å². The summed E-state index contributed by atoms with van der Waals surface area (Å²) in [5, 5.41) is 0. The summed E-state index contributed by atoms with van der Waals surface area (Å²) in [5.74, 6) is 0.684. The Labute approximate surface area is 113 Å². The van der Waals surface area contributed by atoms with Gasteiger partial charge in [-0.1, -0.05) is 30.3 Å². The fraction of sp³-hybridized carbons (Fsp3) is 0.294. The summed E-state index contributed by atoms with van der Waals surface area (Å²) in [6, 6.07) is 14.3. The molecule has 19 heavy (non-hydrogen) atoms. The zero-order chi connectivity index (χ0) is 13.1. The number of carbonyl (C=O) groups is 1. The average Bonchev–Trinajstić information content (AvgIpc) is 2.49. The summed E-state index contributed by atoms with van der Waals surface area (Å²) < 4.78 is 0. The first-order valence-corrected chi connectivity index (χ1v) is 6.84. The van der Waals surface area contributed by atoms with E-state index in [1.165, 1.54) is 5.56 Å². The van der Waals surface area contributed by atoms with Gasteiger partial charge in [0.05, 0.1) is 0 Å². The first-order chi connectivity index (χ1) is 9.36. The van der Waals surface area contributed by atoms with Crippen LogP contribution >= 0.6 is 0 Å². The van der Waals surface area contributed by atoms with Crippen molar-refractivity contribution in [1.82, 2.24) is 4.98 Å². The zero-order valence-electron chi connectivity index (χ0n) is 10.8. The van der Waals surface area contributed by atoms with Gasteiger partial charge in [-0.3, -0.25) is 9.78 Å². The van der Waals surface area contributed by atoms with E-state index in [1.807, 2.05) is 42.7 Å². The minimum absolute atomic E-state index is 0.0114. The maximum Gasteiger partial charge on any atom is 0.140 e. The van der Waals surface area contributed by atoms with Crippen molar-refractivity contribution in [3.8, 4) is 0 Å². The average molecular weight is 251 g/mol. The van der Waals surface area contributed by atoms with E-state index >= 15 is 0 Å². The van der Waals surface area contributed by atoms with Crippen LogP contribution in [0.25, 0.3) is 0 Å². The molecule has 0 bridgehead atoms. The van der Waals surface area contributed by atoms with E-state index in [1.54, 1.807) is 0 Å². The smallest absolute Gasteiger partial charge is 0.140 e. The molecule has 0 saturated heterocycles. The number of pyridine rings is 1.